The Hall–Kier alpha value is -2.04. The first-order chi connectivity index (χ1) is 7.26. The first kappa shape index (κ1) is 9.51. The zero-order chi connectivity index (χ0) is 10.8. The van der Waals surface area contributed by atoms with Crippen LogP contribution >= 0.6 is 0 Å². The maximum Gasteiger partial charge on any atom is 0.138 e. The normalized spacial score (nSPS) is 10.3. The quantitative estimate of drug-likeness (QED) is 0.798. The first-order valence-corrected chi connectivity index (χ1v) is 4.38. The Morgan fingerprint density at radius 1 is 1.13 bits per heavy atom. The number of hydrogen-bond donors (Lipinski definition) is 1. The van der Waals surface area contributed by atoms with Crippen LogP contribution in [0, 0.1) is 0 Å². The lowest BCUT2D eigenvalue weighted by atomic mass is 10.2. The summed E-state index contributed by atoms with van der Waals surface area (Å²) in [4.78, 5) is 8.03. The molecule has 0 saturated carbocycles. The van der Waals surface area contributed by atoms with Crippen molar-refractivity contribution in [3.05, 3.63) is 18.5 Å². The number of benzene rings is 1. The minimum Gasteiger partial charge on any atom is -0.497 e. The van der Waals surface area contributed by atoms with Crippen LogP contribution in [0.3, 0.4) is 0 Å². The van der Waals surface area contributed by atoms with Gasteiger partial charge < -0.3 is 15.2 Å². The molecule has 0 aliphatic heterocycles. The Morgan fingerprint density at radius 3 is 2.60 bits per heavy atom. The van der Waals surface area contributed by atoms with Crippen LogP contribution in [0.25, 0.3) is 10.9 Å². The molecule has 1 heterocycles. The lowest BCUT2D eigenvalue weighted by molar-refractivity contribution is 0.398. The van der Waals surface area contributed by atoms with E-state index < -0.39 is 0 Å². The van der Waals surface area contributed by atoms with Crippen LogP contribution < -0.4 is 15.2 Å². The highest BCUT2D eigenvalue weighted by Crippen LogP contribution is 2.32. The molecular weight excluding hydrogens is 194 g/mol. The second-order valence-electron chi connectivity index (χ2n) is 2.98. The van der Waals surface area contributed by atoms with Gasteiger partial charge in [0.15, 0.2) is 0 Å². The van der Waals surface area contributed by atoms with E-state index in [1.807, 2.05) is 0 Å². The van der Waals surface area contributed by atoms with Crippen LogP contribution in [-0.4, -0.2) is 24.2 Å². The Kier molecular flexibility index (Phi) is 2.29. The number of fused-ring (bicyclic) bond motifs is 1. The van der Waals surface area contributed by atoms with Gasteiger partial charge in [-0.2, -0.15) is 0 Å². The summed E-state index contributed by atoms with van der Waals surface area (Å²) in [6.07, 6.45) is 1.41. The number of rotatable bonds is 2. The van der Waals surface area contributed by atoms with Gasteiger partial charge in [0.05, 0.1) is 25.1 Å². The van der Waals surface area contributed by atoms with E-state index in [9.17, 15) is 0 Å². The molecule has 5 heteroatoms. The molecule has 0 unspecified atom stereocenters. The van der Waals surface area contributed by atoms with Crippen molar-refractivity contribution in [2.24, 2.45) is 0 Å². The molecule has 0 amide bonds. The van der Waals surface area contributed by atoms with E-state index in [0.29, 0.717) is 28.2 Å². The number of aromatic nitrogens is 2. The Labute approximate surface area is 86.8 Å². The molecule has 1 aromatic carbocycles. The minimum absolute atomic E-state index is 0.402. The van der Waals surface area contributed by atoms with Gasteiger partial charge in [0.25, 0.3) is 0 Å². The van der Waals surface area contributed by atoms with Gasteiger partial charge in [0.1, 0.15) is 23.6 Å². The maximum atomic E-state index is 5.75. The molecule has 2 aromatic rings. The van der Waals surface area contributed by atoms with E-state index in [1.165, 1.54) is 6.33 Å². The van der Waals surface area contributed by atoms with Crippen LogP contribution in [0.4, 0.5) is 5.82 Å². The molecule has 0 fully saturated rings. The summed E-state index contributed by atoms with van der Waals surface area (Å²) in [7, 11) is 3.16. The standard InChI is InChI=1S/C10H11N3O2/c1-14-6-3-7-9(8(4-6)15-2)10(11)13-5-12-7/h3-5H,1-2H3,(H2,11,12,13). The lowest BCUT2D eigenvalue weighted by Crippen LogP contribution is -1.96. The van der Waals surface area contributed by atoms with Gasteiger partial charge in [-0.1, -0.05) is 0 Å². The van der Waals surface area contributed by atoms with E-state index in [4.69, 9.17) is 15.2 Å². The molecule has 1 aromatic heterocycles. The molecule has 0 spiro atoms. The summed E-state index contributed by atoms with van der Waals surface area (Å²) >= 11 is 0. The highest BCUT2D eigenvalue weighted by Gasteiger charge is 2.09. The predicted molar refractivity (Wildman–Crippen MR) is 57.1 cm³/mol. The molecule has 0 aliphatic rings. The van der Waals surface area contributed by atoms with Gasteiger partial charge in [-0.3, -0.25) is 0 Å². The Morgan fingerprint density at radius 2 is 1.93 bits per heavy atom. The topological polar surface area (TPSA) is 70.3 Å². The first-order valence-electron chi connectivity index (χ1n) is 4.38. The minimum atomic E-state index is 0.402. The largest absolute Gasteiger partial charge is 0.497 e. The third kappa shape index (κ3) is 1.52. The summed E-state index contributed by atoms with van der Waals surface area (Å²) in [5.74, 6) is 1.69. The van der Waals surface area contributed by atoms with Crippen LogP contribution in [-0.2, 0) is 0 Å². The number of ether oxygens (including phenoxy) is 2. The Balaban J connectivity index is 2.81. The molecule has 15 heavy (non-hydrogen) atoms. The van der Waals surface area contributed by atoms with Gasteiger partial charge >= 0.3 is 0 Å². The summed E-state index contributed by atoms with van der Waals surface area (Å²) in [6.45, 7) is 0. The number of nitrogens with zero attached hydrogens (tertiary/aromatic N) is 2. The second kappa shape index (κ2) is 3.61. The molecule has 0 saturated heterocycles. The molecule has 2 N–H and O–H groups in total. The third-order valence-corrected chi connectivity index (χ3v) is 2.16. The summed E-state index contributed by atoms with van der Waals surface area (Å²) in [5, 5.41) is 0.709. The highest BCUT2D eigenvalue weighted by atomic mass is 16.5. The van der Waals surface area contributed by atoms with Crippen molar-refractivity contribution in [2.75, 3.05) is 20.0 Å². The fourth-order valence-corrected chi connectivity index (χ4v) is 1.43. The van der Waals surface area contributed by atoms with Crippen LogP contribution in [0.1, 0.15) is 0 Å². The molecule has 0 radical (unpaired) electrons. The zero-order valence-corrected chi connectivity index (χ0v) is 8.52. The van der Waals surface area contributed by atoms with Crippen LogP contribution in [0.2, 0.25) is 0 Å². The average molecular weight is 205 g/mol. The number of hydrogen-bond acceptors (Lipinski definition) is 5. The Bertz CT molecular complexity index is 499. The van der Waals surface area contributed by atoms with Crippen LogP contribution in [0.5, 0.6) is 11.5 Å². The number of nitrogens with two attached hydrogens (primary N) is 1. The SMILES string of the molecule is COc1cc(OC)c2c(N)ncnc2c1. The van der Waals surface area contributed by atoms with E-state index >= 15 is 0 Å². The molecule has 0 aliphatic carbocycles. The highest BCUT2D eigenvalue weighted by molar-refractivity contribution is 5.94. The van der Waals surface area contributed by atoms with Gasteiger partial charge in [-0.15, -0.1) is 0 Å². The van der Waals surface area contributed by atoms with Gasteiger partial charge in [-0.05, 0) is 0 Å². The number of nitrogen functional groups attached to an aromatic ring is 1. The van der Waals surface area contributed by atoms with E-state index in [1.54, 1.807) is 26.4 Å². The van der Waals surface area contributed by atoms with Crippen molar-refractivity contribution >= 4 is 16.7 Å². The zero-order valence-electron chi connectivity index (χ0n) is 8.52. The summed E-state index contributed by atoms with van der Waals surface area (Å²) in [5.41, 5.74) is 6.46. The van der Waals surface area contributed by atoms with E-state index in [2.05, 4.69) is 9.97 Å². The van der Waals surface area contributed by atoms with Gasteiger partial charge in [0, 0.05) is 12.1 Å². The average Bonchev–Trinajstić information content (AvgIpc) is 2.27. The van der Waals surface area contributed by atoms with Crippen LogP contribution in [0.15, 0.2) is 18.5 Å². The van der Waals surface area contributed by atoms with Crippen molar-refractivity contribution in [3.8, 4) is 11.5 Å². The number of anilines is 1. The van der Waals surface area contributed by atoms with E-state index in [0.717, 1.165) is 0 Å². The molecule has 2 rings (SSSR count). The van der Waals surface area contributed by atoms with Crippen molar-refractivity contribution in [2.45, 2.75) is 0 Å². The van der Waals surface area contributed by atoms with Crippen molar-refractivity contribution in [1.82, 2.24) is 9.97 Å². The second-order valence-corrected chi connectivity index (χ2v) is 2.98. The molecule has 0 bridgehead atoms. The number of methoxy groups -OCH3 is 2. The van der Waals surface area contributed by atoms with Crippen molar-refractivity contribution < 1.29 is 9.47 Å². The summed E-state index contributed by atoms with van der Waals surface area (Å²) in [6, 6.07) is 3.54. The smallest absolute Gasteiger partial charge is 0.138 e. The molecule has 0 atom stereocenters. The molecule has 78 valence electrons. The maximum absolute atomic E-state index is 5.75. The van der Waals surface area contributed by atoms with Crippen molar-refractivity contribution in [3.63, 3.8) is 0 Å². The molecule has 5 nitrogen and oxygen atoms in total. The van der Waals surface area contributed by atoms with Gasteiger partial charge in [0.2, 0.25) is 0 Å². The summed E-state index contributed by atoms with van der Waals surface area (Å²) < 4.78 is 10.3. The van der Waals surface area contributed by atoms with E-state index in [-0.39, 0.29) is 0 Å². The van der Waals surface area contributed by atoms with Gasteiger partial charge in [-0.25, -0.2) is 9.97 Å². The monoisotopic (exact) mass is 205 g/mol. The lowest BCUT2D eigenvalue weighted by Gasteiger charge is -2.08. The fourth-order valence-electron chi connectivity index (χ4n) is 1.43. The molecular formula is C10H11N3O2. The predicted octanol–water partition coefficient (Wildman–Crippen LogP) is 1.23. The fraction of sp³-hybridized carbons (Fsp3) is 0.200. The van der Waals surface area contributed by atoms with Crippen molar-refractivity contribution in [1.29, 1.82) is 0 Å². The third-order valence-electron chi connectivity index (χ3n) is 2.16.